The topological polar surface area (TPSA) is 63.1 Å². The van der Waals surface area contributed by atoms with E-state index in [1.54, 1.807) is 6.21 Å². The van der Waals surface area contributed by atoms with Crippen LogP contribution in [0.2, 0.25) is 0 Å². The Balaban J connectivity index is 2.04. The Kier molecular flexibility index (Phi) is 6.07. The summed E-state index contributed by atoms with van der Waals surface area (Å²) < 4.78 is 5.62. The van der Waals surface area contributed by atoms with Crippen LogP contribution in [0.3, 0.4) is 0 Å². The number of amides is 1. The van der Waals surface area contributed by atoms with Crippen LogP contribution in [0.4, 0.5) is 0 Å². The lowest BCUT2D eigenvalue weighted by molar-refractivity contribution is -0.116. The minimum atomic E-state index is -0.0456. The molecule has 1 heterocycles. The van der Waals surface area contributed by atoms with Crippen molar-refractivity contribution in [3.63, 3.8) is 0 Å². The highest BCUT2D eigenvalue weighted by atomic mass is 35.5. The normalized spacial score (nSPS) is 16.7. The highest BCUT2D eigenvalue weighted by Gasteiger charge is 2.15. The third-order valence-corrected chi connectivity index (χ3v) is 3.78. The highest BCUT2D eigenvalue weighted by molar-refractivity contribution is 8.15. The molecule has 21 heavy (non-hydrogen) atoms. The minimum Gasteiger partial charge on any atom is -0.493 e. The Morgan fingerprint density at radius 2 is 2.38 bits per heavy atom. The molecule has 1 N–H and O–H groups in total. The molecule has 1 fully saturated rings. The fourth-order valence-electron chi connectivity index (χ4n) is 1.66. The van der Waals surface area contributed by atoms with E-state index in [9.17, 15) is 4.79 Å². The van der Waals surface area contributed by atoms with E-state index in [0.717, 1.165) is 23.3 Å². The van der Waals surface area contributed by atoms with Crippen LogP contribution < -0.4 is 10.1 Å². The molecule has 0 saturated carbocycles. The second-order valence-electron chi connectivity index (χ2n) is 4.34. The first kappa shape index (κ1) is 15.9. The summed E-state index contributed by atoms with van der Waals surface area (Å²) in [4.78, 5) is 11.0. The van der Waals surface area contributed by atoms with Crippen molar-refractivity contribution in [1.82, 2.24) is 5.32 Å². The molecule has 1 saturated heterocycles. The average Bonchev–Trinajstić information content (AvgIpc) is 2.91. The van der Waals surface area contributed by atoms with Gasteiger partial charge < -0.3 is 10.1 Å². The van der Waals surface area contributed by atoms with Gasteiger partial charge >= 0.3 is 0 Å². The number of nitrogens with one attached hydrogen (secondary N) is 1. The van der Waals surface area contributed by atoms with Crippen molar-refractivity contribution >= 4 is 40.7 Å². The maximum absolute atomic E-state index is 11.0. The Bertz CT molecular complexity index is 575. The number of thioether (sulfide) groups is 1. The van der Waals surface area contributed by atoms with Gasteiger partial charge in [0.05, 0.1) is 24.5 Å². The molecule has 0 aliphatic carbocycles. The van der Waals surface area contributed by atoms with Crippen molar-refractivity contribution in [2.45, 2.75) is 19.2 Å². The number of carbonyl (C=O) groups is 1. The number of alkyl halides is 1. The molecular formula is C14H16ClN3O2S. The van der Waals surface area contributed by atoms with Crippen LogP contribution in [0, 0.1) is 0 Å². The molecule has 0 bridgehead atoms. The van der Waals surface area contributed by atoms with E-state index in [2.05, 4.69) is 22.4 Å². The molecule has 112 valence electrons. The zero-order valence-corrected chi connectivity index (χ0v) is 13.2. The first-order valence-electron chi connectivity index (χ1n) is 6.58. The number of hydrogen-bond donors (Lipinski definition) is 1. The quantitative estimate of drug-likeness (QED) is 0.497. The molecule has 7 heteroatoms. The fraction of sp³-hybridized carbons (Fsp3) is 0.357. The van der Waals surface area contributed by atoms with Gasteiger partial charge in [0.15, 0.2) is 5.17 Å². The summed E-state index contributed by atoms with van der Waals surface area (Å²) in [6.45, 7) is 2.72. The Morgan fingerprint density at radius 3 is 3.05 bits per heavy atom. The van der Waals surface area contributed by atoms with E-state index >= 15 is 0 Å². The van der Waals surface area contributed by atoms with Gasteiger partial charge in [-0.3, -0.25) is 4.79 Å². The van der Waals surface area contributed by atoms with Crippen molar-refractivity contribution < 1.29 is 9.53 Å². The van der Waals surface area contributed by atoms with Gasteiger partial charge in [0.2, 0.25) is 5.91 Å². The van der Waals surface area contributed by atoms with Gasteiger partial charge in [0, 0.05) is 5.56 Å². The van der Waals surface area contributed by atoms with E-state index in [1.807, 2.05) is 18.2 Å². The molecule has 5 nitrogen and oxygen atoms in total. The van der Waals surface area contributed by atoms with Gasteiger partial charge in [-0.05, 0) is 30.2 Å². The first-order valence-corrected chi connectivity index (χ1v) is 8.10. The molecule has 1 aromatic carbocycles. The maximum atomic E-state index is 11.0. The van der Waals surface area contributed by atoms with Crippen molar-refractivity contribution in [2.24, 2.45) is 10.2 Å². The van der Waals surface area contributed by atoms with Crippen LogP contribution >= 0.6 is 23.4 Å². The minimum absolute atomic E-state index is 0.0456. The molecule has 0 radical (unpaired) electrons. The van der Waals surface area contributed by atoms with Crippen LogP contribution in [0.5, 0.6) is 5.75 Å². The lowest BCUT2D eigenvalue weighted by atomic mass is 10.1. The number of rotatable bonds is 6. The van der Waals surface area contributed by atoms with Crippen molar-refractivity contribution in [1.29, 1.82) is 0 Å². The van der Waals surface area contributed by atoms with Crippen molar-refractivity contribution in [3.8, 4) is 5.75 Å². The largest absolute Gasteiger partial charge is 0.493 e. The number of hydrogen-bond acceptors (Lipinski definition) is 5. The summed E-state index contributed by atoms with van der Waals surface area (Å²) in [5, 5.41) is 11.1. The second kappa shape index (κ2) is 8.05. The van der Waals surface area contributed by atoms with Gasteiger partial charge in [-0.1, -0.05) is 18.7 Å². The molecule has 1 aromatic rings. The summed E-state index contributed by atoms with van der Waals surface area (Å²) in [7, 11) is 0. The van der Waals surface area contributed by atoms with Gasteiger partial charge in [0.1, 0.15) is 5.75 Å². The molecular weight excluding hydrogens is 310 g/mol. The first-order chi connectivity index (χ1) is 10.2. The highest BCUT2D eigenvalue weighted by Crippen LogP contribution is 2.21. The lowest BCUT2D eigenvalue weighted by Crippen LogP contribution is -2.19. The number of carbonyl (C=O) groups excluding carboxylic acids is 1. The van der Waals surface area contributed by atoms with E-state index in [0.29, 0.717) is 23.4 Å². The summed E-state index contributed by atoms with van der Waals surface area (Å²) >= 11 is 7.27. The summed E-state index contributed by atoms with van der Waals surface area (Å²) in [5.41, 5.74) is 1.80. The van der Waals surface area contributed by atoms with E-state index in [1.165, 1.54) is 11.8 Å². The summed E-state index contributed by atoms with van der Waals surface area (Å²) in [6, 6.07) is 5.70. The van der Waals surface area contributed by atoms with Crippen LogP contribution in [-0.2, 0) is 10.7 Å². The Labute approximate surface area is 132 Å². The molecule has 1 aliphatic heterocycles. The Hall–Kier alpha value is -1.53. The third-order valence-electron chi connectivity index (χ3n) is 2.63. The number of halogens is 1. The summed E-state index contributed by atoms with van der Waals surface area (Å²) in [6.07, 6.45) is 2.57. The standard InChI is InChI=1S/C14H16ClN3O2S/c1-2-5-20-12-4-3-10(6-11(12)7-15)8-16-18-14-17-13(19)9-21-14/h3-4,6,8H,2,5,7,9H2,1H3,(H,17,18,19). The molecule has 0 unspecified atom stereocenters. The number of nitrogens with zero attached hydrogens (tertiary/aromatic N) is 2. The van der Waals surface area contributed by atoms with Gasteiger partial charge in [-0.2, -0.15) is 5.10 Å². The molecule has 0 spiro atoms. The predicted molar refractivity (Wildman–Crippen MR) is 87.4 cm³/mol. The smallest absolute Gasteiger partial charge is 0.236 e. The van der Waals surface area contributed by atoms with Crippen LogP contribution in [0.15, 0.2) is 28.4 Å². The molecule has 1 amide bonds. The number of amidine groups is 1. The lowest BCUT2D eigenvalue weighted by Gasteiger charge is -2.09. The average molecular weight is 326 g/mol. The SMILES string of the molecule is CCCOc1ccc(C=NN=C2NC(=O)CS2)cc1CCl. The molecule has 2 rings (SSSR count). The van der Waals surface area contributed by atoms with Gasteiger partial charge in [-0.25, -0.2) is 0 Å². The zero-order chi connectivity index (χ0) is 15.1. The predicted octanol–water partition coefficient (Wildman–Crippen LogP) is 2.77. The van der Waals surface area contributed by atoms with E-state index in [4.69, 9.17) is 16.3 Å². The number of benzene rings is 1. The summed E-state index contributed by atoms with van der Waals surface area (Å²) in [5.74, 6) is 1.53. The Morgan fingerprint density at radius 1 is 1.52 bits per heavy atom. The van der Waals surface area contributed by atoms with Crippen molar-refractivity contribution in [2.75, 3.05) is 12.4 Å². The number of ether oxygens (including phenoxy) is 1. The van der Waals surface area contributed by atoms with Crippen LogP contribution in [-0.4, -0.2) is 29.6 Å². The second-order valence-corrected chi connectivity index (χ2v) is 5.57. The van der Waals surface area contributed by atoms with Crippen molar-refractivity contribution in [3.05, 3.63) is 29.3 Å². The van der Waals surface area contributed by atoms with Crippen LogP contribution in [0.1, 0.15) is 24.5 Å². The zero-order valence-electron chi connectivity index (χ0n) is 11.6. The van der Waals surface area contributed by atoms with E-state index < -0.39 is 0 Å². The van der Waals surface area contributed by atoms with Gasteiger partial charge in [-0.15, -0.1) is 16.7 Å². The third kappa shape index (κ3) is 4.75. The molecule has 0 aromatic heterocycles. The van der Waals surface area contributed by atoms with Gasteiger partial charge in [0.25, 0.3) is 0 Å². The monoisotopic (exact) mass is 325 g/mol. The van der Waals surface area contributed by atoms with E-state index in [-0.39, 0.29) is 5.91 Å². The maximum Gasteiger partial charge on any atom is 0.236 e. The fourth-order valence-corrected chi connectivity index (χ4v) is 2.50. The van der Waals surface area contributed by atoms with Crippen LogP contribution in [0.25, 0.3) is 0 Å². The molecule has 1 aliphatic rings. The molecule has 0 atom stereocenters.